The van der Waals surface area contributed by atoms with Gasteiger partial charge in [0.1, 0.15) is 6.61 Å². The van der Waals surface area contributed by atoms with E-state index in [4.69, 9.17) is 4.74 Å². The predicted octanol–water partition coefficient (Wildman–Crippen LogP) is 1.94. The zero-order valence-corrected chi connectivity index (χ0v) is 8.70. The van der Waals surface area contributed by atoms with Crippen LogP contribution in [0.5, 0.6) is 5.75 Å². The van der Waals surface area contributed by atoms with E-state index >= 15 is 0 Å². The molecule has 0 aliphatic carbocycles. The van der Waals surface area contributed by atoms with E-state index in [0.717, 1.165) is 17.2 Å². The zero-order valence-electron chi connectivity index (χ0n) is 7.88. The van der Waals surface area contributed by atoms with Crippen LogP contribution in [0.2, 0.25) is 0 Å². The molecule has 2 rings (SSSR count). The molecular weight excluding hydrogens is 198 g/mol. The minimum Gasteiger partial charge on any atom is -0.485 e. The minimum absolute atomic E-state index is 0.570. The summed E-state index contributed by atoms with van der Waals surface area (Å²) in [5.41, 5.74) is 1.80. The summed E-state index contributed by atoms with van der Waals surface area (Å²) in [7, 11) is 0. The second-order valence-electron chi connectivity index (χ2n) is 2.79. The van der Waals surface area contributed by atoms with E-state index < -0.39 is 0 Å². The first kappa shape index (κ1) is 9.21. The van der Waals surface area contributed by atoms with Crippen molar-refractivity contribution < 1.29 is 4.74 Å². The summed E-state index contributed by atoms with van der Waals surface area (Å²) in [5.74, 6) is 0.806. The molecule has 0 atom stereocenters. The van der Waals surface area contributed by atoms with Gasteiger partial charge in [-0.3, -0.25) is 9.67 Å². The second-order valence-corrected chi connectivity index (χ2v) is 3.76. The molecule has 0 fully saturated rings. The molecule has 0 saturated heterocycles. The SMILES string of the molecule is CCn1cc(OCc2cncs2)cn1. The van der Waals surface area contributed by atoms with Crippen LogP contribution in [0.3, 0.4) is 0 Å². The fourth-order valence-corrected chi connectivity index (χ4v) is 1.57. The van der Waals surface area contributed by atoms with E-state index in [1.54, 1.807) is 23.0 Å². The van der Waals surface area contributed by atoms with Crippen LogP contribution in [0.15, 0.2) is 24.1 Å². The van der Waals surface area contributed by atoms with Crippen molar-refractivity contribution in [2.24, 2.45) is 0 Å². The van der Waals surface area contributed by atoms with Crippen LogP contribution in [-0.2, 0) is 13.2 Å². The lowest BCUT2D eigenvalue weighted by atomic mass is 10.6. The minimum atomic E-state index is 0.570. The molecule has 4 nitrogen and oxygen atoms in total. The third kappa shape index (κ3) is 2.11. The largest absolute Gasteiger partial charge is 0.485 e. The van der Waals surface area contributed by atoms with E-state index in [0.29, 0.717) is 6.61 Å². The van der Waals surface area contributed by atoms with E-state index in [2.05, 4.69) is 10.1 Å². The lowest BCUT2D eigenvalue weighted by Crippen LogP contribution is -1.93. The van der Waals surface area contributed by atoms with Crippen molar-refractivity contribution in [1.82, 2.24) is 14.8 Å². The molecule has 2 aromatic heterocycles. The monoisotopic (exact) mass is 209 g/mol. The molecule has 0 saturated carbocycles. The van der Waals surface area contributed by atoms with Crippen molar-refractivity contribution in [3.05, 3.63) is 29.0 Å². The zero-order chi connectivity index (χ0) is 9.80. The number of aryl methyl sites for hydroxylation is 1. The fraction of sp³-hybridized carbons (Fsp3) is 0.333. The first-order valence-electron chi connectivity index (χ1n) is 4.41. The molecule has 0 bridgehead atoms. The molecular formula is C9H11N3OS. The van der Waals surface area contributed by atoms with Gasteiger partial charge >= 0.3 is 0 Å². The lowest BCUT2D eigenvalue weighted by Gasteiger charge is -1.98. The van der Waals surface area contributed by atoms with Crippen LogP contribution < -0.4 is 4.74 Å². The number of rotatable bonds is 4. The summed E-state index contributed by atoms with van der Waals surface area (Å²) in [6, 6.07) is 0. The maximum absolute atomic E-state index is 5.52. The Morgan fingerprint density at radius 3 is 3.07 bits per heavy atom. The van der Waals surface area contributed by atoms with E-state index in [9.17, 15) is 0 Å². The number of hydrogen-bond acceptors (Lipinski definition) is 4. The van der Waals surface area contributed by atoms with E-state index in [1.165, 1.54) is 0 Å². The van der Waals surface area contributed by atoms with Gasteiger partial charge in [-0.1, -0.05) is 0 Å². The van der Waals surface area contributed by atoms with Gasteiger partial charge in [0.15, 0.2) is 5.75 Å². The van der Waals surface area contributed by atoms with E-state index in [1.807, 2.05) is 24.0 Å². The molecule has 0 amide bonds. The van der Waals surface area contributed by atoms with Crippen molar-refractivity contribution in [3.8, 4) is 5.75 Å². The Morgan fingerprint density at radius 2 is 2.43 bits per heavy atom. The van der Waals surface area contributed by atoms with Crippen molar-refractivity contribution in [2.45, 2.75) is 20.1 Å². The van der Waals surface area contributed by atoms with Gasteiger partial charge in [0.25, 0.3) is 0 Å². The van der Waals surface area contributed by atoms with Gasteiger partial charge in [0.05, 0.1) is 22.8 Å². The van der Waals surface area contributed by atoms with Gasteiger partial charge in [-0.15, -0.1) is 11.3 Å². The van der Waals surface area contributed by atoms with Gasteiger partial charge in [0.2, 0.25) is 0 Å². The Labute approximate surface area is 86.2 Å². The highest BCUT2D eigenvalue weighted by Crippen LogP contribution is 2.13. The Balaban J connectivity index is 1.92. The topological polar surface area (TPSA) is 39.9 Å². The third-order valence-corrected chi connectivity index (χ3v) is 2.55. The maximum atomic E-state index is 5.52. The van der Waals surface area contributed by atoms with Crippen LogP contribution >= 0.6 is 11.3 Å². The maximum Gasteiger partial charge on any atom is 0.157 e. The molecule has 14 heavy (non-hydrogen) atoms. The number of ether oxygens (including phenoxy) is 1. The molecule has 5 heteroatoms. The van der Waals surface area contributed by atoms with E-state index in [-0.39, 0.29) is 0 Å². The van der Waals surface area contributed by atoms with Crippen molar-refractivity contribution >= 4 is 11.3 Å². The number of hydrogen-bond donors (Lipinski definition) is 0. The summed E-state index contributed by atoms with van der Waals surface area (Å²) in [6.45, 7) is 3.48. The van der Waals surface area contributed by atoms with Gasteiger partial charge in [0, 0.05) is 12.7 Å². The highest BCUT2D eigenvalue weighted by molar-refractivity contribution is 7.09. The number of nitrogens with zero attached hydrogens (tertiary/aromatic N) is 3. The predicted molar refractivity (Wildman–Crippen MR) is 54.3 cm³/mol. The van der Waals surface area contributed by atoms with Crippen LogP contribution in [0.4, 0.5) is 0 Å². The molecule has 2 aromatic rings. The molecule has 0 unspecified atom stereocenters. The molecule has 0 aliphatic rings. The van der Waals surface area contributed by atoms with Crippen LogP contribution in [0, 0.1) is 0 Å². The molecule has 0 spiro atoms. The first-order valence-corrected chi connectivity index (χ1v) is 5.29. The summed E-state index contributed by atoms with van der Waals surface area (Å²) < 4.78 is 7.36. The van der Waals surface area contributed by atoms with Crippen LogP contribution in [-0.4, -0.2) is 14.8 Å². The average molecular weight is 209 g/mol. The molecule has 74 valence electrons. The molecule has 0 radical (unpaired) electrons. The molecule has 2 heterocycles. The Morgan fingerprint density at radius 1 is 1.50 bits per heavy atom. The van der Waals surface area contributed by atoms with Crippen LogP contribution in [0.25, 0.3) is 0 Å². The molecule has 0 N–H and O–H groups in total. The fourth-order valence-electron chi connectivity index (χ4n) is 1.06. The number of aromatic nitrogens is 3. The van der Waals surface area contributed by atoms with Crippen molar-refractivity contribution in [2.75, 3.05) is 0 Å². The number of thiazole rings is 1. The Kier molecular flexibility index (Phi) is 2.78. The summed E-state index contributed by atoms with van der Waals surface area (Å²) in [4.78, 5) is 5.09. The molecule has 0 aromatic carbocycles. The Hall–Kier alpha value is -1.36. The third-order valence-electron chi connectivity index (χ3n) is 1.80. The highest BCUT2D eigenvalue weighted by atomic mass is 32.1. The standard InChI is InChI=1S/C9H11N3OS/c1-2-12-5-8(3-11-12)13-6-9-4-10-7-14-9/h3-5,7H,2,6H2,1H3. The normalized spacial score (nSPS) is 10.4. The highest BCUT2D eigenvalue weighted by Gasteiger charge is 1.99. The quantitative estimate of drug-likeness (QED) is 0.772. The van der Waals surface area contributed by atoms with Crippen molar-refractivity contribution in [1.29, 1.82) is 0 Å². The van der Waals surface area contributed by atoms with Gasteiger partial charge < -0.3 is 4.74 Å². The summed E-state index contributed by atoms with van der Waals surface area (Å²) in [6.07, 6.45) is 5.43. The first-order chi connectivity index (χ1) is 6.88. The van der Waals surface area contributed by atoms with Gasteiger partial charge in [-0.2, -0.15) is 5.10 Å². The van der Waals surface area contributed by atoms with Gasteiger partial charge in [-0.05, 0) is 6.92 Å². The lowest BCUT2D eigenvalue weighted by molar-refractivity contribution is 0.309. The Bertz CT molecular complexity index is 382. The summed E-state index contributed by atoms with van der Waals surface area (Å²) in [5, 5.41) is 4.11. The summed E-state index contributed by atoms with van der Waals surface area (Å²) >= 11 is 1.59. The van der Waals surface area contributed by atoms with Crippen molar-refractivity contribution in [3.63, 3.8) is 0 Å². The smallest absolute Gasteiger partial charge is 0.157 e. The van der Waals surface area contributed by atoms with Crippen LogP contribution in [0.1, 0.15) is 11.8 Å². The second kappa shape index (κ2) is 4.23. The molecule has 0 aliphatic heterocycles. The average Bonchev–Trinajstić information content (AvgIpc) is 2.86. The van der Waals surface area contributed by atoms with Gasteiger partial charge in [-0.25, -0.2) is 0 Å².